The third-order valence-corrected chi connectivity index (χ3v) is 3.73. The molecule has 3 N–H and O–H groups in total. The zero-order valence-corrected chi connectivity index (χ0v) is 10.6. The molecule has 17 heavy (non-hydrogen) atoms. The highest BCUT2D eigenvalue weighted by Crippen LogP contribution is 2.41. The van der Waals surface area contributed by atoms with Crippen molar-refractivity contribution in [3.63, 3.8) is 0 Å². The molecule has 1 unspecified atom stereocenters. The number of anilines is 1. The van der Waals surface area contributed by atoms with Crippen molar-refractivity contribution in [2.75, 3.05) is 11.9 Å². The second kappa shape index (κ2) is 4.56. The molecule has 2 rings (SSSR count). The number of hydrogen-bond acceptors (Lipinski definition) is 3. The fraction of sp³-hybridized carbons (Fsp3) is 0.462. The summed E-state index contributed by atoms with van der Waals surface area (Å²) in [6.07, 6.45) is 2.43. The predicted octanol–water partition coefficient (Wildman–Crippen LogP) is 2.75. The summed E-state index contributed by atoms with van der Waals surface area (Å²) in [5.74, 6) is 0.624. The molecule has 0 bridgehead atoms. The van der Waals surface area contributed by atoms with Gasteiger partial charge < -0.3 is 11.1 Å². The summed E-state index contributed by atoms with van der Waals surface area (Å²) in [5, 5.41) is 12.8. The normalized spacial score (nSPS) is 18.2. The maximum atomic E-state index is 8.78. The highest BCUT2D eigenvalue weighted by molar-refractivity contribution is 6.33. The summed E-state index contributed by atoms with van der Waals surface area (Å²) in [6, 6.07) is 7.35. The Morgan fingerprint density at radius 1 is 1.59 bits per heavy atom. The summed E-state index contributed by atoms with van der Waals surface area (Å²) in [4.78, 5) is 0. The number of nitrogens with two attached hydrogens (primary N) is 1. The van der Waals surface area contributed by atoms with Gasteiger partial charge in [0.05, 0.1) is 22.3 Å². The molecule has 0 amide bonds. The average Bonchev–Trinajstić information content (AvgIpc) is 3.16. The smallest absolute Gasteiger partial charge is 0.0992 e. The van der Waals surface area contributed by atoms with Gasteiger partial charge in [-0.1, -0.05) is 11.6 Å². The van der Waals surface area contributed by atoms with E-state index in [2.05, 4.69) is 18.3 Å². The van der Waals surface area contributed by atoms with Gasteiger partial charge in [0.1, 0.15) is 0 Å². The molecule has 0 aromatic heterocycles. The quantitative estimate of drug-likeness (QED) is 0.863. The third kappa shape index (κ3) is 2.54. The molecule has 0 aliphatic heterocycles. The van der Waals surface area contributed by atoms with E-state index in [0.717, 1.165) is 5.69 Å². The molecule has 90 valence electrons. The van der Waals surface area contributed by atoms with Crippen molar-refractivity contribution in [3.05, 3.63) is 28.8 Å². The van der Waals surface area contributed by atoms with Crippen LogP contribution in [0, 0.1) is 17.2 Å². The topological polar surface area (TPSA) is 61.8 Å². The van der Waals surface area contributed by atoms with Crippen LogP contribution in [-0.2, 0) is 0 Å². The molecule has 0 spiro atoms. The van der Waals surface area contributed by atoms with Crippen LogP contribution < -0.4 is 11.1 Å². The van der Waals surface area contributed by atoms with Crippen molar-refractivity contribution >= 4 is 17.3 Å². The van der Waals surface area contributed by atoms with Gasteiger partial charge in [-0.15, -0.1) is 0 Å². The van der Waals surface area contributed by atoms with E-state index < -0.39 is 0 Å². The zero-order chi connectivity index (χ0) is 12.5. The number of halogens is 1. The molecule has 1 aromatic rings. The van der Waals surface area contributed by atoms with Crippen molar-refractivity contribution in [2.45, 2.75) is 25.3 Å². The van der Waals surface area contributed by atoms with E-state index in [-0.39, 0.29) is 5.54 Å². The Morgan fingerprint density at radius 2 is 2.29 bits per heavy atom. The second-order valence-electron chi connectivity index (χ2n) is 4.83. The second-order valence-corrected chi connectivity index (χ2v) is 5.23. The van der Waals surface area contributed by atoms with Crippen LogP contribution in [0.25, 0.3) is 0 Å². The highest BCUT2D eigenvalue weighted by atomic mass is 35.5. The zero-order valence-electron chi connectivity index (χ0n) is 9.83. The Hall–Kier alpha value is -1.24. The molecule has 3 nitrogen and oxygen atoms in total. The molecule has 4 heteroatoms. The van der Waals surface area contributed by atoms with Gasteiger partial charge in [0, 0.05) is 12.1 Å². The van der Waals surface area contributed by atoms with Crippen molar-refractivity contribution in [1.29, 1.82) is 5.26 Å². The van der Waals surface area contributed by atoms with Crippen LogP contribution in [0.5, 0.6) is 0 Å². The van der Waals surface area contributed by atoms with Gasteiger partial charge in [-0.2, -0.15) is 5.26 Å². The number of hydrogen-bond donors (Lipinski definition) is 2. The van der Waals surface area contributed by atoms with Gasteiger partial charge in [-0.3, -0.25) is 0 Å². The van der Waals surface area contributed by atoms with E-state index in [9.17, 15) is 0 Å². The van der Waals surface area contributed by atoms with Gasteiger partial charge in [-0.05, 0) is 43.9 Å². The van der Waals surface area contributed by atoms with Crippen LogP contribution >= 0.6 is 11.6 Å². The lowest BCUT2D eigenvalue weighted by Crippen LogP contribution is -2.44. The number of rotatable bonds is 4. The molecule has 1 aliphatic rings. The van der Waals surface area contributed by atoms with Gasteiger partial charge >= 0.3 is 0 Å². The van der Waals surface area contributed by atoms with Crippen LogP contribution in [0.4, 0.5) is 5.69 Å². The molecular formula is C13H16ClN3. The van der Waals surface area contributed by atoms with Crippen molar-refractivity contribution in [1.82, 2.24) is 0 Å². The first kappa shape index (κ1) is 12.2. The minimum Gasteiger partial charge on any atom is -0.377 e. The molecule has 1 saturated carbocycles. The van der Waals surface area contributed by atoms with Gasteiger partial charge in [0.15, 0.2) is 0 Å². The monoisotopic (exact) mass is 249 g/mol. The Kier molecular flexibility index (Phi) is 3.28. The minimum absolute atomic E-state index is 0.0994. The van der Waals surface area contributed by atoms with Crippen molar-refractivity contribution in [2.24, 2.45) is 11.7 Å². The van der Waals surface area contributed by atoms with E-state index in [4.69, 9.17) is 22.6 Å². The minimum atomic E-state index is -0.0994. The van der Waals surface area contributed by atoms with E-state index in [1.54, 1.807) is 12.1 Å². The SMILES string of the molecule is CC(CN)(Nc1ccc(C#N)cc1Cl)C1CC1. The fourth-order valence-corrected chi connectivity index (χ4v) is 2.26. The average molecular weight is 250 g/mol. The first-order valence-corrected chi connectivity index (χ1v) is 6.15. The molecular weight excluding hydrogens is 234 g/mol. The summed E-state index contributed by atoms with van der Waals surface area (Å²) < 4.78 is 0. The van der Waals surface area contributed by atoms with Crippen LogP contribution in [0.15, 0.2) is 18.2 Å². The largest absolute Gasteiger partial charge is 0.377 e. The summed E-state index contributed by atoms with van der Waals surface area (Å²) in [7, 11) is 0. The molecule has 1 atom stereocenters. The molecule has 0 heterocycles. The molecule has 0 radical (unpaired) electrons. The number of nitrogens with zero attached hydrogens (tertiary/aromatic N) is 1. The van der Waals surface area contributed by atoms with Gasteiger partial charge in [-0.25, -0.2) is 0 Å². The van der Waals surface area contributed by atoms with Crippen molar-refractivity contribution in [3.8, 4) is 6.07 Å². The lowest BCUT2D eigenvalue weighted by atomic mass is 9.95. The first-order chi connectivity index (χ1) is 8.09. The molecule has 1 aromatic carbocycles. The van der Waals surface area contributed by atoms with Crippen molar-refractivity contribution < 1.29 is 0 Å². The number of nitrogens with one attached hydrogen (secondary N) is 1. The Balaban J connectivity index is 2.21. The van der Waals surface area contributed by atoms with Crippen LogP contribution in [0.1, 0.15) is 25.3 Å². The van der Waals surface area contributed by atoms with Crippen LogP contribution in [0.2, 0.25) is 5.02 Å². The highest BCUT2D eigenvalue weighted by Gasteiger charge is 2.40. The predicted molar refractivity (Wildman–Crippen MR) is 70.0 cm³/mol. The summed E-state index contributed by atoms with van der Waals surface area (Å²) in [5.41, 5.74) is 7.17. The number of benzene rings is 1. The van der Waals surface area contributed by atoms with Gasteiger partial charge in [0.2, 0.25) is 0 Å². The third-order valence-electron chi connectivity index (χ3n) is 3.42. The lowest BCUT2D eigenvalue weighted by Gasteiger charge is -2.31. The van der Waals surface area contributed by atoms with Crippen LogP contribution in [-0.4, -0.2) is 12.1 Å². The first-order valence-electron chi connectivity index (χ1n) is 5.77. The number of nitriles is 1. The standard InChI is InChI=1S/C13H16ClN3/c1-13(8-16,10-3-4-10)17-12-5-2-9(7-15)6-11(12)14/h2,5-6,10,17H,3-4,8,16H2,1H3. The van der Waals surface area contributed by atoms with Gasteiger partial charge in [0.25, 0.3) is 0 Å². The van der Waals surface area contributed by atoms with E-state index in [1.165, 1.54) is 12.8 Å². The van der Waals surface area contributed by atoms with E-state index in [1.807, 2.05) is 6.07 Å². The summed E-state index contributed by atoms with van der Waals surface area (Å²) >= 11 is 6.14. The van der Waals surface area contributed by atoms with E-state index in [0.29, 0.717) is 23.0 Å². The van der Waals surface area contributed by atoms with E-state index >= 15 is 0 Å². The maximum absolute atomic E-state index is 8.78. The Morgan fingerprint density at radius 3 is 2.76 bits per heavy atom. The molecule has 1 aliphatic carbocycles. The maximum Gasteiger partial charge on any atom is 0.0992 e. The fourth-order valence-electron chi connectivity index (χ4n) is 2.03. The lowest BCUT2D eigenvalue weighted by molar-refractivity contribution is 0.459. The Labute approximate surface area is 107 Å². The van der Waals surface area contributed by atoms with Crippen LogP contribution in [0.3, 0.4) is 0 Å². The Bertz CT molecular complexity index is 462. The molecule has 0 saturated heterocycles. The molecule has 1 fully saturated rings. The summed E-state index contributed by atoms with van der Waals surface area (Å²) in [6.45, 7) is 2.70.